The number of nitrogens with zero attached hydrogens (tertiary/aromatic N) is 1. The highest BCUT2D eigenvalue weighted by Gasteiger charge is 2.30. The second-order valence-electron chi connectivity index (χ2n) is 6.07. The van der Waals surface area contributed by atoms with Gasteiger partial charge in [0.1, 0.15) is 5.78 Å². The maximum Gasteiger partial charge on any atom is 0.269 e. The van der Waals surface area contributed by atoms with E-state index in [0.29, 0.717) is 30.5 Å². The smallest absolute Gasteiger partial charge is 0.269 e. The second-order valence-corrected chi connectivity index (χ2v) is 6.07. The monoisotopic (exact) mass is 275 g/mol. The molecular formula is C16H21NO3. The lowest BCUT2D eigenvalue weighted by molar-refractivity contribution is -0.384. The minimum absolute atomic E-state index is 0.0261. The lowest BCUT2D eigenvalue weighted by atomic mass is 9.73. The molecular weight excluding hydrogens is 254 g/mol. The molecule has 0 N–H and O–H groups in total. The van der Waals surface area contributed by atoms with Crippen LogP contribution in [0, 0.1) is 27.9 Å². The molecule has 0 bridgehead atoms. The van der Waals surface area contributed by atoms with Gasteiger partial charge in [0.05, 0.1) is 4.92 Å². The van der Waals surface area contributed by atoms with Crippen molar-refractivity contribution in [3.8, 4) is 0 Å². The first kappa shape index (κ1) is 14.7. The number of nitro benzene ring substituents is 1. The van der Waals surface area contributed by atoms with Gasteiger partial charge in [-0.2, -0.15) is 0 Å². The van der Waals surface area contributed by atoms with E-state index in [4.69, 9.17) is 0 Å². The Morgan fingerprint density at radius 3 is 2.80 bits per heavy atom. The molecule has 0 saturated heterocycles. The molecule has 2 rings (SSSR count). The van der Waals surface area contributed by atoms with Gasteiger partial charge in [0.25, 0.3) is 5.69 Å². The summed E-state index contributed by atoms with van der Waals surface area (Å²) in [6, 6.07) is 6.65. The van der Waals surface area contributed by atoms with Gasteiger partial charge in [-0.15, -0.1) is 0 Å². The molecule has 0 heterocycles. The zero-order valence-corrected chi connectivity index (χ0v) is 12.0. The van der Waals surface area contributed by atoms with Crippen LogP contribution in [0.2, 0.25) is 0 Å². The molecule has 2 atom stereocenters. The first-order valence-electron chi connectivity index (χ1n) is 7.23. The van der Waals surface area contributed by atoms with Crippen LogP contribution >= 0.6 is 0 Å². The summed E-state index contributed by atoms with van der Waals surface area (Å²) in [7, 11) is 0. The fourth-order valence-corrected chi connectivity index (χ4v) is 3.03. The molecule has 0 spiro atoms. The Bertz CT molecular complexity index is 510. The zero-order valence-electron chi connectivity index (χ0n) is 12.0. The summed E-state index contributed by atoms with van der Waals surface area (Å²) in [5.74, 6) is 1.53. The Balaban J connectivity index is 2.09. The molecule has 1 aromatic rings. The summed E-state index contributed by atoms with van der Waals surface area (Å²) >= 11 is 0. The van der Waals surface area contributed by atoms with Crippen LogP contribution in [0.5, 0.6) is 0 Å². The van der Waals surface area contributed by atoms with Crippen molar-refractivity contribution in [2.24, 2.45) is 17.8 Å². The second kappa shape index (κ2) is 6.16. The lowest BCUT2D eigenvalue weighted by Gasteiger charge is -2.30. The van der Waals surface area contributed by atoms with Gasteiger partial charge in [-0.3, -0.25) is 14.9 Å². The minimum Gasteiger partial charge on any atom is -0.299 e. The van der Waals surface area contributed by atoms with Crippen LogP contribution < -0.4 is 0 Å². The number of hydrogen-bond acceptors (Lipinski definition) is 3. The predicted octanol–water partition coefficient (Wildman–Crippen LogP) is 3.78. The number of carbonyl (C=O) groups excluding carboxylic acids is 1. The van der Waals surface area contributed by atoms with Crippen molar-refractivity contribution in [1.82, 2.24) is 0 Å². The molecule has 4 nitrogen and oxygen atoms in total. The highest BCUT2D eigenvalue weighted by molar-refractivity contribution is 5.82. The summed E-state index contributed by atoms with van der Waals surface area (Å²) in [4.78, 5) is 22.5. The minimum atomic E-state index is -0.386. The quantitative estimate of drug-likeness (QED) is 0.620. The Morgan fingerprint density at radius 2 is 2.15 bits per heavy atom. The van der Waals surface area contributed by atoms with Crippen molar-refractivity contribution in [3.05, 3.63) is 39.9 Å². The SMILES string of the molecule is CC(C)C1CCC(=O)C(Cc2cccc([N+](=O)[O-])c2)C1. The third-order valence-corrected chi connectivity index (χ3v) is 4.35. The highest BCUT2D eigenvalue weighted by Crippen LogP contribution is 2.33. The number of hydrogen-bond donors (Lipinski definition) is 0. The standard InChI is InChI=1S/C16H21NO3/c1-11(2)13-6-7-16(18)14(10-13)8-12-4-3-5-15(9-12)17(19)20/h3-5,9,11,13-14H,6-8,10H2,1-2H3. The Hall–Kier alpha value is -1.71. The van der Waals surface area contributed by atoms with Gasteiger partial charge >= 0.3 is 0 Å². The van der Waals surface area contributed by atoms with E-state index in [-0.39, 0.29) is 16.5 Å². The van der Waals surface area contributed by atoms with E-state index in [1.54, 1.807) is 12.1 Å². The van der Waals surface area contributed by atoms with Crippen molar-refractivity contribution < 1.29 is 9.72 Å². The molecule has 0 radical (unpaired) electrons. The van der Waals surface area contributed by atoms with Crippen LogP contribution in [-0.4, -0.2) is 10.7 Å². The number of benzene rings is 1. The van der Waals surface area contributed by atoms with Gasteiger partial charge in [-0.25, -0.2) is 0 Å². The average molecular weight is 275 g/mol. The fourth-order valence-electron chi connectivity index (χ4n) is 3.03. The zero-order chi connectivity index (χ0) is 14.7. The molecule has 1 aliphatic rings. The summed E-state index contributed by atoms with van der Waals surface area (Å²) in [5.41, 5.74) is 0.994. The molecule has 0 aliphatic heterocycles. The van der Waals surface area contributed by atoms with E-state index in [0.717, 1.165) is 18.4 Å². The van der Waals surface area contributed by atoms with Crippen LogP contribution in [0.1, 0.15) is 38.7 Å². The predicted molar refractivity (Wildman–Crippen MR) is 77.5 cm³/mol. The number of ketones is 1. The first-order valence-corrected chi connectivity index (χ1v) is 7.23. The normalized spacial score (nSPS) is 23.1. The van der Waals surface area contributed by atoms with Crippen LogP contribution in [0.4, 0.5) is 5.69 Å². The highest BCUT2D eigenvalue weighted by atomic mass is 16.6. The molecule has 0 amide bonds. The van der Waals surface area contributed by atoms with E-state index in [9.17, 15) is 14.9 Å². The summed E-state index contributed by atoms with van der Waals surface area (Å²) in [5, 5.41) is 10.8. The maximum atomic E-state index is 12.1. The molecule has 1 aliphatic carbocycles. The van der Waals surface area contributed by atoms with Crippen LogP contribution in [0.3, 0.4) is 0 Å². The molecule has 108 valence electrons. The van der Waals surface area contributed by atoms with Crippen molar-refractivity contribution in [2.45, 2.75) is 39.5 Å². The summed E-state index contributed by atoms with van der Waals surface area (Å²) in [6.07, 6.45) is 3.19. The number of non-ortho nitro benzene ring substituents is 1. The van der Waals surface area contributed by atoms with E-state index in [1.165, 1.54) is 6.07 Å². The summed E-state index contributed by atoms with van der Waals surface area (Å²) in [6.45, 7) is 4.40. The van der Waals surface area contributed by atoms with Crippen molar-refractivity contribution in [2.75, 3.05) is 0 Å². The van der Waals surface area contributed by atoms with E-state index >= 15 is 0 Å². The first-order chi connectivity index (χ1) is 9.47. The van der Waals surface area contributed by atoms with Crippen molar-refractivity contribution >= 4 is 11.5 Å². The van der Waals surface area contributed by atoms with Crippen LogP contribution in [0.15, 0.2) is 24.3 Å². The van der Waals surface area contributed by atoms with E-state index in [2.05, 4.69) is 13.8 Å². The topological polar surface area (TPSA) is 60.2 Å². The Labute approximate surface area is 119 Å². The van der Waals surface area contributed by atoms with Gasteiger partial charge < -0.3 is 0 Å². The van der Waals surface area contributed by atoms with Crippen molar-refractivity contribution in [1.29, 1.82) is 0 Å². The molecule has 1 aromatic carbocycles. The Morgan fingerprint density at radius 1 is 1.40 bits per heavy atom. The van der Waals surface area contributed by atoms with Gasteiger partial charge in [0.15, 0.2) is 0 Å². The van der Waals surface area contributed by atoms with Gasteiger partial charge in [0, 0.05) is 24.5 Å². The Kier molecular flexibility index (Phi) is 4.53. The summed E-state index contributed by atoms with van der Waals surface area (Å²) < 4.78 is 0. The van der Waals surface area contributed by atoms with E-state index in [1.807, 2.05) is 6.07 Å². The lowest BCUT2D eigenvalue weighted by Crippen LogP contribution is -2.28. The van der Waals surface area contributed by atoms with Gasteiger partial charge in [0.2, 0.25) is 0 Å². The maximum absolute atomic E-state index is 12.1. The van der Waals surface area contributed by atoms with Crippen molar-refractivity contribution in [3.63, 3.8) is 0 Å². The fraction of sp³-hybridized carbons (Fsp3) is 0.562. The molecule has 0 aromatic heterocycles. The average Bonchev–Trinajstić information content (AvgIpc) is 2.41. The third kappa shape index (κ3) is 3.44. The van der Waals surface area contributed by atoms with E-state index < -0.39 is 0 Å². The van der Waals surface area contributed by atoms with Gasteiger partial charge in [-0.05, 0) is 36.7 Å². The molecule has 1 saturated carbocycles. The van der Waals surface area contributed by atoms with Crippen LogP contribution in [-0.2, 0) is 11.2 Å². The third-order valence-electron chi connectivity index (χ3n) is 4.35. The largest absolute Gasteiger partial charge is 0.299 e. The molecule has 2 unspecified atom stereocenters. The number of carbonyl (C=O) groups is 1. The van der Waals surface area contributed by atoms with Gasteiger partial charge in [-0.1, -0.05) is 26.0 Å². The molecule has 20 heavy (non-hydrogen) atoms. The molecule has 1 fully saturated rings. The van der Waals surface area contributed by atoms with Crippen LogP contribution in [0.25, 0.3) is 0 Å². The number of Topliss-reactive ketones (excluding diaryl/α,β-unsaturated/α-hetero) is 1. The molecule has 4 heteroatoms. The number of rotatable bonds is 4. The number of nitro groups is 1.